The lowest BCUT2D eigenvalue weighted by molar-refractivity contribution is -0.122. The highest BCUT2D eigenvalue weighted by Gasteiger charge is 2.33. The normalized spacial score (nSPS) is 23.1. The van der Waals surface area contributed by atoms with Crippen LogP contribution in [0, 0.1) is 0 Å². The van der Waals surface area contributed by atoms with E-state index in [1.54, 1.807) is 36.6 Å². The summed E-state index contributed by atoms with van der Waals surface area (Å²) in [5, 5.41) is 0. The number of allylic oxidation sites excluding steroid dienone is 3. The number of thioether (sulfide) groups is 1. The molecule has 3 aliphatic rings. The number of hydrogen-bond acceptors (Lipinski definition) is 6. The molecule has 4 rings (SSSR count). The molecule has 0 radical (unpaired) electrons. The first-order valence-corrected chi connectivity index (χ1v) is 9.92. The maximum atomic E-state index is 12.7. The van der Waals surface area contributed by atoms with Gasteiger partial charge in [0.2, 0.25) is 0 Å². The summed E-state index contributed by atoms with van der Waals surface area (Å²) in [6, 6.07) is 3.54. The highest BCUT2D eigenvalue weighted by atomic mass is 32.2. The van der Waals surface area contributed by atoms with Crippen LogP contribution in [0.5, 0.6) is 0 Å². The van der Waals surface area contributed by atoms with Crippen molar-refractivity contribution in [1.29, 1.82) is 0 Å². The largest absolute Gasteiger partial charge is 0.467 e. The van der Waals surface area contributed by atoms with Crippen LogP contribution < -0.4 is 0 Å². The van der Waals surface area contributed by atoms with E-state index in [9.17, 15) is 9.59 Å². The van der Waals surface area contributed by atoms with Gasteiger partial charge in [0.05, 0.1) is 29.5 Å². The van der Waals surface area contributed by atoms with Gasteiger partial charge in [-0.25, -0.2) is 4.99 Å². The predicted octanol–water partition coefficient (Wildman–Crippen LogP) is 3.33. The van der Waals surface area contributed by atoms with Gasteiger partial charge < -0.3 is 9.15 Å². The minimum absolute atomic E-state index is 0.156. The number of nitrogens with zero attached hydrogens (tertiary/aromatic N) is 2. The third-order valence-electron chi connectivity index (χ3n) is 4.28. The second-order valence-corrected chi connectivity index (χ2v) is 7.83. The van der Waals surface area contributed by atoms with Crippen LogP contribution >= 0.6 is 24.0 Å². The molecule has 1 atom stereocenters. The van der Waals surface area contributed by atoms with Gasteiger partial charge in [0.25, 0.3) is 11.8 Å². The summed E-state index contributed by atoms with van der Waals surface area (Å²) in [6.07, 6.45) is 10.2. The standard InChI is InChI=1S/C20H16N2O4S2/c1-2-25-14-5-6-16-12(9-14)8-13(18(23)21-16)10-17-19(24)22(20(27)28-17)11-15-4-3-7-26-15/h3-10,14H,2,11H2,1H3/b17-10-. The topological polar surface area (TPSA) is 72.1 Å². The summed E-state index contributed by atoms with van der Waals surface area (Å²) in [5.74, 6) is 0.00316. The van der Waals surface area contributed by atoms with Gasteiger partial charge in [0.15, 0.2) is 0 Å². The summed E-state index contributed by atoms with van der Waals surface area (Å²) < 4.78 is 11.3. The number of furan rings is 1. The molecule has 0 aromatic carbocycles. The van der Waals surface area contributed by atoms with Crippen LogP contribution in [-0.2, 0) is 20.9 Å². The SMILES string of the molecule is CCOC1C=CC2=NC(=O)C(/C=C3\SC(=S)N(Cc4ccco4)C3=O)=CC2=C1. The van der Waals surface area contributed by atoms with E-state index in [4.69, 9.17) is 21.4 Å². The van der Waals surface area contributed by atoms with Crippen LogP contribution in [0.4, 0.5) is 0 Å². The Morgan fingerprint density at radius 1 is 1.43 bits per heavy atom. The Kier molecular flexibility index (Phi) is 5.25. The van der Waals surface area contributed by atoms with Crippen molar-refractivity contribution < 1.29 is 18.7 Å². The highest BCUT2D eigenvalue weighted by Crippen LogP contribution is 2.34. The maximum absolute atomic E-state index is 12.7. The van der Waals surface area contributed by atoms with E-state index in [0.29, 0.717) is 32.9 Å². The minimum atomic E-state index is -0.386. The van der Waals surface area contributed by atoms with Gasteiger partial charge in [-0.05, 0) is 55.0 Å². The monoisotopic (exact) mass is 412 g/mol. The van der Waals surface area contributed by atoms with Crippen molar-refractivity contribution in [3.8, 4) is 0 Å². The summed E-state index contributed by atoms with van der Waals surface area (Å²) in [6.45, 7) is 2.77. The van der Waals surface area contributed by atoms with Gasteiger partial charge >= 0.3 is 0 Å². The third kappa shape index (κ3) is 3.71. The Bertz CT molecular complexity index is 999. The van der Waals surface area contributed by atoms with Gasteiger partial charge in [0, 0.05) is 12.2 Å². The number of thiocarbonyl (C=S) groups is 1. The van der Waals surface area contributed by atoms with Crippen molar-refractivity contribution in [2.45, 2.75) is 19.6 Å². The van der Waals surface area contributed by atoms with Gasteiger partial charge in [-0.15, -0.1) is 0 Å². The lowest BCUT2D eigenvalue weighted by atomic mass is 9.96. The van der Waals surface area contributed by atoms with Crippen molar-refractivity contribution in [3.63, 3.8) is 0 Å². The fraction of sp³-hybridized carbons (Fsp3) is 0.200. The average molecular weight is 412 g/mol. The predicted molar refractivity (Wildman–Crippen MR) is 111 cm³/mol. The molecule has 1 saturated heterocycles. The molecule has 1 fully saturated rings. The molecule has 0 saturated carbocycles. The zero-order valence-electron chi connectivity index (χ0n) is 15.0. The number of amides is 2. The molecule has 0 N–H and O–H groups in total. The molecule has 1 aromatic heterocycles. The summed E-state index contributed by atoms with van der Waals surface area (Å²) in [5.41, 5.74) is 1.75. The lowest BCUT2D eigenvalue weighted by Gasteiger charge is -2.18. The molecule has 6 nitrogen and oxygen atoms in total. The molecule has 1 aromatic rings. The first-order chi connectivity index (χ1) is 13.5. The summed E-state index contributed by atoms with van der Waals surface area (Å²) >= 11 is 6.48. The second-order valence-electron chi connectivity index (χ2n) is 6.15. The van der Waals surface area contributed by atoms with Crippen LogP contribution in [0.25, 0.3) is 0 Å². The molecule has 2 amide bonds. The fourth-order valence-corrected chi connectivity index (χ4v) is 4.21. The van der Waals surface area contributed by atoms with E-state index in [1.807, 2.05) is 19.1 Å². The van der Waals surface area contributed by atoms with Crippen LogP contribution in [0.3, 0.4) is 0 Å². The van der Waals surface area contributed by atoms with E-state index in [2.05, 4.69) is 4.99 Å². The van der Waals surface area contributed by atoms with Crippen LogP contribution in [0.2, 0.25) is 0 Å². The molecule has 8 heteroatoms. The molecular formula is C20H16N2O4S2. The van der Waals surface area contributed by atoms with E-state index in [1.165, 1.54) is 4.90 Å². The molecule has 3 heterocycles. The average Bonchev–Trinajstić information content (AvgIpc) is 3.27. The van der Waals surface area contributed by atoms with Gasteiger partial charge in [-0.3, -0.25) is 14.5 Å². The zero-order chi connectivity index (χ0) is 19.7. The van der Waals surface area contributed by atoms with Gasteiger partial charge in [0.1, 0.15) is 10.1 Å². The second kappa shape index (κ2) is 7.83. The van der Waals surface area contributed by atoms with Crippen molar-refractivity contribution >= 4 is 45.8 Å². The van der Waals surface area contributed by atoms with Crippen molar-refractivity contribution in [2.24, 2.45) is 4.99 Å². The van der Waals surface area contributed by atoms with Gasteiger partial charge in [-0.2, -0.15) is 0 Å². The lowest BCUT2D eigenvalue weighted by Crippen LogP contribution is -2.27. The smallest absolute Gasteiger partial charge is 0.277 e. The van der Waals surface area contributed by atoms with Crippen molar-refractivity contribution in [2.75, 3.05) is 6.61 Å². The number of ether oxygens (including phenoxy) is 1. The van der Waals surface area contributed by atoms with E-state index >= 15 is 0 Å². The third-order valence-corrected chi connectivity index (χ3v) is 5.65. The summed E-state index contributed by atoms with van der Waals surface area (Å²) in [4.78, 5) is 31.1. The summed E-state index contributed by atoms with van der Waals surface area (Å²) in [7, 11) is 0. The van der Waals surface area contributed by atoms with Crippen molar-refractivity contribution in [3.05, 3.63) is 70.6 Å². The number of dihydropyridines is 1. The van der Waals surface area contributed by atoms with E-state index < -0.39 is 0 Å². The molecule has 0 spiro atoms. The van der Waals surface area contributed by atoms with Crippen LogP contribution in [-0.4, -0.2) is 39.5 Å². The Morgan fingerprint density at radius 3 is 3.04 bits per heavy atom. The Morgan fingerprint density at radius 2 is 2.29 bits per heavy atom. The Balaban J connectivity index is 1.57. The van der Waals surface area contributed by atoms with Crippen LogP contribution in [0.1, 0.15) is 12.7 Å². The number of rotatable bonds is 5. The van der Waals surface area contributed by atoms with E-state index in [-0.39, 0.29) is 24.5 Å². The molecule has 0 bridgehead atoms. The molecule has 28 heavy (non-hydrogen) atoms. The first-order valence-electron chi connectivity index (χ1n) is 8.69. The maximum Gasteiger partial charge on any atom is 0.277 e. The fourth-order valence-electron chi connectivity index (χ4n) is 2.96. The molecule has 142 valence electrons. The minimum Gasteiger partial charge on any atom is -0.467 e. The van der Waals surface area contributed by atoms with Gasteiger partial charge in [-0.1, -0.05) is 24.0 Å². The first kappa shape index (κ1) is 18.8. The molecule has 1 aliphatic carbocycles. The number of hydrogen-bond donors (Lipinski definition) is 0. The number of carbonyl (C=O) groups is 2. The molecule has 1 unspecified atom stereocenters. The number of carbonyl (C=O) groups excluding carboxylic acids is 2. The Hall–Kier alpha value is -2.55. The Labute approximate surface area is 171 Å². The van der Waals surface area contributed by atoms with Crippen LogP contribution in [0.15, 0.2) is 74.2 Å². The van der Waals surface area contributed by atoms with Crippen molar-refractivity contribution in [1.82, 2.24) is 4.90 Å². The molecular weight excluding hydrogens is 396 g/mol. The highest BCUT2D eigenvalue weighted by molar-refractivity contribution is 8.26. The molecule has 2 aliphatic heterocycles. The number of fused-ring (bicyclic) bond motifs is 1. The quantitative estimate of drug-likeness (QED) is 0.546. The van der Waals surface area contributed by atoms with E-state index in [0.717, 1.165) is 17.3 Å². The zero-order valence-corrected chi connectivity index (χ0v) is 16.6. The number of aliphatic imine (C=N–C) groups is 1.